The number of hydrogen-bond donors (Lipinski definition) is 1. The van der Waals surface area contributed by atoms with Gasteiger partial charge in [0.25, 0.3) is 0 Å². The Labute approximate surface area is 223 Å². The summed E-state index contributed by atoms with van der Waals surface area (Å²) < 4.78 is 29.5. The molecule has 38 heavy (non-hydrogen) atoms. The largest absolute Gasteiger partial charge is 0.459 e. The molecule has 10 heteroatoms. The highest BCUT2D eigenvalue weighted by Crippen LogP contribution is 2.59. The summed E-state index contributed by atoms with van der Waals surface area (Å²) in [6.45, 7) is 11.2. The molecule has 2 heterocycles. The van der Waals surface area contributed by atoms with Gasteiger partial charge in [0.1, 0.15) is 11.7 Å². The van der Waals surface area contributed by atoms with Crippen LogP contribution in [0.3, 0.4) is 0 Å². The molecular formula is C28H40O10. The van der Waals surface area contributed by atoms with Gasteiger partial charge in [-0.05, 0) is 52.2 Å². The van der Waals surface area contributed by atoms with E-state index in [1.807, 2.05) is 0 Å². The molecule has 2 aliphatic heterocycles. The minimum Gasteiger partial charge on any atom is -0.459 e. The molecule has 4 rings (SSSR count). The third-order valence-corrected chi connectivity index (χ3v) is 8.49. The molecule has 1 saturated carbocycles. The Bertz CT molecular complexity index is 1060. The fourth-order valence-corrected chi connectivity index (χ4v) is 6.80. The number of fused-ring (bicyclic) bond motifs is 2. The molecule has 0 bridgehead atoms. The van der Waals surface area contributed by atoms with E-state index in [9.17, 15) is 24.3 Å². The lowest BCUT2D eigenvalue weighted by Gasteiger charge is -2.52. The Morgan fingerprint density at radius 2 is 1.74 bits per heavy atom. The Balaban J connectivity index is 1.75. The molecule has 2 aliphatic carbocycles. The van der Waals surface area contributed by atoms with Crippen molar-refractivity contribution >= 4 is 23.7 Å². The first kappa shape index (κ1) is 28.7. The standard InChI is InChI=1S/C28H40O10/c1-8-9-10-11-12-13-18(30)34-22-20-19(15(2)21(22)31)23-28(33)17(14-26(20,6)36-16(3)29)37-25(4,5)38-27(28,7)24(32)35-23/h17,20,22-23,33H,8-14H2,1-7H3/t17-,20+,22-,23-,26-,27+,28-/m0/s1. The smallest absolute Gasteiger partial charge is 0.342 e. The summed E-state index contributed by atoms with van der Waals surface area (Å²) in [6, 6.07) is 0. The Hall–Kier alpha value is -2.30. The highest BCUT2D eigenvalue weighted by atomic mass is 16.8. The molecule has 1 N–H and O–H groups in total. The van der Waals surface area contributed by atoms with Crippen LogP contribution in [0.4, 0.5) is 0 Å². The number of Topliss-reactive ketones (excluding diaryl/α,β-unsaturated/α-hetero) is 1. The van der Waals surface area contributed by atoms with Crippen LogP contribution in [0.25, 0.3) is 0 Å². The molecule has 4 aliphatic rings. The Morgan fingerprint density at radius 3 is 2.37 bits per heavy atom. The Morgan fingerprint density at radius 1 is 1.08 bits per heavy atom. The zero-order chi connectivity index (χ0) is 28.3. The van der Waals surface area contributed by atoms with Crippen molar-refractivity contribution in [2.75, 3.05) is 0 Å². The second kappa shape index (κ2) is 9.71. The van der Waals surface area contributed by atoms with Crippen molar-refractivity contribution in [3.8, 4) is 0 Å². The van der Waals surface area contributed by atoms with Crippen molar-refractivity contribution in [1.29, 1.82) is 0 Å². The molecule has 10 nitrogen and oxygen atoms in total. The normalized spacial score (nSPS) is 39.3. The highest BCUT2D eigenvalue weighted by Gasteiger charge is 2.79. The lowest BCUT2D eigenvalue weighted by atomic mass is 9.74. The van der Waals surface area contributed by atoms with Crippen LogP contribution in [0, 0.1) is 5.92 Å². The van der Waals surface area contributed by atoms with Gasteiger partial charge in [-0.1, -0.05) is 32.6 Å². The summed E-state index contributed by atoms with van der Waals surface area (Å²) in [5.74, 6) is -4.69. The zero-order valence-electron chi connectivity index (χ0n) is 23.4. The molecule has 0 aromatic carbocycles. The second-order valence-electron chi connectivity index (χ2n) is 11.9. The van der Waals surface area contributed by atoms with Crippen LogP contribution >= 0.6 is 0 Å². The fourth-order valence-electron chi connectivity index (χ4n) is 6.80. The van der Waals surface area contributed by atoms with Crippen LogP contribution in [0.5, 0.6) is 0 Å². The number of carbonyl (C=O) groups excluding carboxylic acids is 4. The van der Waals surface area contributed by atoms with Crippen LogP contribution in [0.2, 0.25) is 0 Å². The van der Waals surface area contributed by atoms with Gasteiger partial charge in [-0.3, -0.25) is 14.4 Å². The van der Waals surface area contributed by atoms with E-state index in [-0.39, 0.29) is 24.0 Å². The number of unbranched alkanes of at least 4 members (excludes halogenated alkanes) is 4. The van der Waals surface area contributed by atoms with Gasteiger partial charge in [0.05, 0.1) is 5.92 Å². The minimum atomic E-state index is -2.04. The number of rotatable bonds is 8. The van der Waals surface area contributed by atoms with Crippen molar-refractivity contribution in [2.24, 2.45) is 5.92 Å². The predicted molar refractivity (Wildman–Crippen MR) is 133 cm³/mol. The van der Waals surface area contributed by atoms with E-state index in [0.29, 0.717) is 6.42 Å². The topological polar surface area (TPSA) is 135 Å². The van der Waals surface area contributed by atoms with Gasteiger partial charge in [-0.15, -0.1) is 0 Å². The average Bonchev–Trinajstić information content (AvgIpc) is 3.12. The lowest BCUT2D eigenvalue weighted by molar-refractivity contribution is -0.381. The first-order valence-electron chi connectivity index (χ1n) is 13.6. The average molecular weight is 537 g/mol. The van der Waals surface area contributed by atoms with Crippen molar-refractivity contribution in [2.45, 2.75) is 134 Å². The van der Waals surface area contributed by atoms with E-state index in [1.165, 1.54) is 13.8 Å². The van der Waals surface area contributed by atoms with Crippen molar-refractivity contribution in [1.82, 2.24) is 0 Å². The summed E-state index contributed by atoms with van der Waals surface area (Å²) in [5, 5.41) is 12.2. The molecule has 0 unspecified atom stereocenters. The molecule has 0 spiro atoms. The van der Waals surface area contributed by atoms with E-state index in [1.54, 1.807) is 27.7 Å². The van der Waals surface area contributed by atoms with E-state index < -0.39 is 70.5 Å². The second-order valence-corrected chi connectivity index (χ2v) is 11.9. The number of esters is 3. The van der Waals surface area contributed by atoms with E-state index >= 15 is 0 Å². The van der Waals surface area contributed by atoms with E-state index in [0.717, 1.165) is 25.7 Å². The number of aliphatic hydroxyl groups is 1. The maximum absolute atomic E-state index is 13.6. The van der Waals surface area contributed by atoms with Gasteiger partial charge < -0.3 is 28.8 Å². The molecule has 0 amide bonds. The third kappa shape index (κ3) is 4.38. The van der Waals surface area contributed by atoms with Crippen molar-refractivity contribution in [3.63, 3.8) is 0 Å². The first-order valence-corrected chi connectivity index (χ1v) is 13.6. The Kier molecular flexibility index (Phi) is 7.34. The van der Waals surface area contributed by atoms with Gasteiger partial charge in [0.2, 0.25) is 5.60 Å². The van der Waals surface area contributed by atoms with Crippen LogP contribution in [-0.2, 0) is 42.9 Å². The van der Waals surface area contributed by atoms with Crippen LogP contribution < -0.4 is 0 Å². The summed E-state index contributed by atoms with van der Waals surface area (Å²) in [7, 11) is 0. The van der Waals surface area contributed by atoms with Crippen LogP contribution in [0.1, 0.15) is 93.4 Å². The molecular weight excluding hydrogens is 496 g/mol. The number of ether oxygens (including phenoxy) is 5. The fraction of sp³-hybridized carbons (Fsp3) is 0.786. The molecule has 0 aromatic heterocycles. The third-order valence-electron chi connectivity index (χ3n) is 8.49. The zero-order valence-corrected chi connectivity index (χ0v) is 23.4. The minimum absolute atomic E-state index is 0.0988. The summed E-state index contributed by atoms with van der Waals surface area (Å²) >= 11 is 0. The quantitative estimate of drug-likeness (QED) is 0.280. The van der Waals surface area contributed by atoms with Crippen molar-refractivity contribution < 1.29 is 48.0 Å². The van der Waals surface area contributed by atoms with Gasteiger partial charge >= 0.3 is 17.9 Å². The van der Waals surface area contributed by atoms with Gasteiger partial charge in [-0.25, -0.2) is 4.79 Å². The number of hydrogen-bond acceptors (Lipinski definition) is 10. The monoisotopic (exact) mass is 536 g/mol. The summed E-state index contributed by atoms with van der Waals surface area (Å²) in [5.41, 5.74) is -4.85. The predicted octanol–water partition coefficient (Wildman–Crippen LogP) is 3.07. The molecule has 3 fully saturated rings. The van der Waals surface area contributed by atoms with E-state index in [4.69, 9.17) is 23.7 Å². The van der Waals surface area contributed by atoms with Gasteiger partial charge in [-0.2, -0.15) is 0 Å². The molecule has 212 valence electrons. The van der Waals surface area contributed by atoms with Crippen LogP contribution in [-0.4, -0.2) is 69.7 Å². The molecule has 0 aromatic rings. The van der Waals surface area contributed by atoms with Gasteiger partial charge in [0, 0.05) is 19.8 Å². The van der Waals surface area contributed by atoms with Gasteiger partial charge in [0.15, 0.2) is 29.4 Å². The number of ketones is 1. The van der Waals surface area contributed by atoms with Crippen molar-refractivity contribution in [3.05, 3.63) is 11.1 Å². The highest BCUT2D eigenvalue weighted by molar-refractivity contribution is 6.04. The number of carbonyl (C=O) groups is 4. The van der Waals surface area contributed by atoms with Crippen LogP contribution in [0.15, 0.2) is 11.1 Å². The summed E-state index contributed by atoms with van der Waals surface area (Å²) in [4.78, 5) is 52.0. The molecule has 0 radical (unpaired) electrons. The first-order chi connectivity index (χ1) is 17.6. The lowest BCUT2D eigenvalue weighted by Crippen LogP contribution is -2.72. The SMILES string of the molecule is CCCCCCCC(=O)O[C@@H]1C(=O)C(C)=C2[C@H]1[C@@](C)(OC(C)=O)C[C@@H]1OC(C)(C)O[C@]3(C)C(=O)O[C@@H]2[C@@]13O. The molecule has 7 atom stereocenters. The molecule has 2 saturated heterocycles. The van der Waals surface area contributed by atoms with E-state index in [2.05, 4.69) is 6.92 Å². The summed E-state index contributed by atoms with van der Waals surface area (Å²) in [6.07, 6.45) is 1.01. The maximum atomic E-state index is 13.6. The maximum Gasteiger partial charge on any atom is 0.342 e.